The van der Waals surface area contributed by atoms with E-state index in [9.17, 15) is 13.2 Å². The Morgan fingerprint density at radius 1 is 0.933 bits per heavy atom. The Balaban J connectivity index is 1.94. The lowest BCUT2D eigenvalue weighted by molar-refractivity contribution is -0.137. The molecule has 0 aliphatic carbocycles. The molecule has 0 aliphatic heterocycles. The van der Waals surface area contributed by atoms with Crippen LogP contribution in [0.5, 0.6) is 17.2 Å². The van der Waals surface area contributed by atoms with Gasteiger partial charge in [-0.25, -0.2) is 0 Å². The van der Waals surface area contributed by atoms with Crippen molar-refractivity contribution in [3.8, 4) is 17.2 Å². The second-order valence-corrected chi connectivity index (χ2v) is 6.31. The number of rotatable bonds is 8. The van der Waals surface area contributed by atoms with E-state index in [1.54, 1.807) is 40.5 Å². The van der Waals surface area contributed by atoms with Crippen LogP contribution in [0.3, 0.4) is 0 Å². The lowest BCUT2D eigenvalue weighted by atomic mass is 10.1. The first-order valence-corrected chi connectivity index (χ1v) is 9.22. The molecule has 2 aromatic carbocycles. The topological polar surface area (TPSA) is 64.1 Å². The minimum Gasteiger partial charge on any atom is -0.496 e. The van der Waals surface area contributed by atoms with Gasteiger partial charge in [-0.15, -0.1) is 0 Å². The van der Waals surface area contributed by atoms with Crippen molar-refractivity contribution in [3.63, 3.8) is 0 Å². The summed E-state index contributed by atoms with van der Waals surface area (Å²) in [5, 5.41) is 6.25. The van der Waals surface area contributed by atoms with Gasteiger partial charge >= 0.3 is 6.18 Å². The van der Waals surface area contributed by atoms with Crippen LogP contribution in [-0.4, -0.2) is 40.9 Å². The smallest absolute Gasteiger partial charge is 0.416 e. The summed E-state index contributed by atoms with van der Waals surface area (Å²) in [5.74, 6) is 2.47. The molecule has 0 aliphatic rings. The predicted molar refractivity (Wildman–Crippen MR) is 109 cm³/mol. The molecule has 0 radical (unpaired) electrons. The maximum Gasteiger partial charge on any atom is 0.416 e. The molecule has 164 valence electrons. The van der Waals surface area contributed by atoms with Crippen LogP contribution in [0.15, 0.2) is 41.4 Å². The summed E-state index contributed by atoms with van der Waals surface area (Å²) in [6, 6.07) is 8.59. The normalized spacial score (nSPS) is 11.8. The van der Waals surface area contributed by atoms with Gasteiger partial charge in [-0.1, -0.05) is 12.1 Å². The zero-order chi connectivity index (χ0) is 22.1. The second-order valence-electron chi connectivity index (χ2n) is 6.31. The van der Waals surface area contributed by atoms with Crippen molar-refractivity contribution in [2.24, 2.45) is 4.99 Å². The molecule has 0 amide bonds. The summed E-state index contributed by atoms with van der Waals surface area (Å²) in [7, 11) is 6.35. The minimum atomic E-state index is -4.34. The first-order chi connectivity index (χ1) is 14.3. The summed E-state index contributed by atoms with van der Waals surface area (Å²) in [6.45, 7) is 0.874. The molecule has 0 heterocycles. The Kier molecular flexibility index (Phi) is 8.20. The molecule has 2 N–H and O–H groups in total. The first-order valence-electron chi connectivity index (χ1n) is 9.22. The molecular formula is C21H26F3N3O3. The summed E-state index contributed by atoms with van der Waals surface area (Å²) in [4.78, 5) is 4.14. The average Bonchev–Trinajstić information content (AvgIpc) is 2.75. The lowest BCUT2D eigenvalue weighted by Crippen LogP contribution is -2.37. The average molecular weight is 425 g/mol. The Hall–Kier alpha value is -3.10. The third kappa shape index (κ3) is 6.20. The van der Waals surface area contributed by atoms with Crippen molar-refractivity contribution in [3.05, 3.63) is 53.1 Å². The molecule has 6 nitrogen and oxygen atoms in total. The molecule has 0 spiro atoms. The van der Waals surface area contributed by atoms with E-state index >= 15 is 0 Å². The molecule has 2 rings (SSSR count). The molecule has 0 fully saturated rings. The van der Waals surface area contributed by atoms with E-state index in [0.717, 1.165) is 17.7 Å². The molecular weight excluding hydrogens is 399 g/mol. The van der Waals surface area contributed by atoms with Crippen LogP contribution in [-0.2, 0) is 19.1 Å². The quantitative estimate of drug-likeness (QED) is 0.500. The van der Waals surface area contributed by atoms with Gasteiger partial charge < -0.3 is 24.8 Å². The monoisotopic (exact) mass is 425 g/mol. The molecule has 2 aromatic rings. The van der Waals surface area contributed by atoms with Crippen molar-refractivity contribution in [1.82, 2.24) is 10.6 Å². The van der Waals surface area contributed by atoms with Gasteiger partial charge in [-0.3, -0.25) is 4.99 Å². The van der Waals surface area contributed by atoms with Crippen LogP contribution < -0.4 is 24.8 Å². The number of benzene rings is 2. The molecule has 0 aromatic heterocycles. The zero-order valence-electron chi connectivity index (χ0n) is 17.4. The van der Waals surface area contributed by atoms with Gasteiger partial charge in [-0.2, -0.15) is 13.2 Å². The maximum absolute atomic E-state index is 12.6. The first kappa shape index (κ1) is 23.2. The maximum atomic E-state index is 12.6. The Morgan fingerprint density at radius 2 is 1.53 bits per heavy atom. The number of methoxy groups -OCH3 is 3. The summed E-state index contributed by atoms with van der Waals surface area (Å²) in [5.41, 5.74) is 0.923. The van der Waals surface area contributed by atoms with Crippen LogP contribution in [0.1, 0.15) is 16.7 Å². The zero-order valence-corrected chi connectivity index (χ0v) is 17.4. The summed E-state index contributed by atoms with van der Waals surface area (Å²) < 4.78 is 54.1. The van der Waals surface area contributed by atoms with Gasteiger partial charge in [0.05, 0.1) is 26.9 Å². The van der Waals surface area contributed by atoms with Crippen molar-refractivity contribution >= 4 is 5.96 Å². The minimum absolute atomic E-state index is 0.340. The number of halogens is 3. The van der Waals surface area contributed by atoms with E-state index < -0.39 is 11.7 Å². The van der Waals surface area contributed by atoms with Crippen LogP contribution in [0, 0.1) is 0 Å². The standard InChI is InChI=1S/C21H26F3N3O3/c1-25-20(27-13-14-5-7-15(8-6-14)21(22,23)24)26-10-9-17-18(29-3)11-16(28-2)12-19(17)30-4/h5-8,11-12H,9-10,13H2,1-4H3,(H2,25,26,27). The molecule has 0 unspecified atom stereocenters. The van der Waals surface area contributed by atoms with E-state index in [0.29, 0.717) is 48.3 Å². The van der Waals surface area contributed by atoms with Gasteiger partial charge in [0.1, 0.15) is 17.2 Å². The van der Waals surface area contributed by atoms with Crippen molar-refractivity contribution in [2.45, 2.75) is 19.1 Å². The van der Waals surface area contributed by atoms with Crippen LogP contribution in [0.4, 0.5) is 13.2 Å². The molecule has 9 heteroatoms. The van der Waals surface area contributed by atoms with Crippen LogP contribution in [0.2, 0.25) is 0 Å². The molecule has 0 bridgehead atoms. The Labute approximate surface area is 174 Å². The number of nitrogens with zero attached hydrogens (tertiary/aromatic N) is 1. The molecule has 30 heavy (non-hydrogen) atoms. The molecule has 0 saturated carbocycles. The summed E-state index contributed by atoms with van der Waals surface area (Å²) in [6.07, 6.45) is -3.75. The van der Waals surface area contributed by atoms with Gasteiger partial charge in [-0.05, 0) is 24.1 Å². The SMILES string of the molecule is CN=C(NCCc1c(OC)cc(OC)cc1OC)NCc1ccc(C(F)(F)F)cc1. The number of ether oxygens (including phenoxy) is 3. The van der Waals surface area contributed by atoms with Crippen molar-refractivity contribution in [1.29, 1.82) is 0 Å². The fraction of sp³-hybridized carbons (Fsp3) is 0.381. The van der Waals surface area contributed by atoms with Crippen molar-refractivity contribution < 1.29 is 27.4 Å². The second kappa shape index (κ2) is 10.6. The van der Waals surface area contributed by atoms with Gasteiger partial charge in [0.25, 0.3) is 0 Å². The fourth-order valence-electron chi connectivity index (χ4n) is 2.85. The lowest BCUT2D eigenvalue weighted by Gasteiger charge is -2.16. The van der Waals surface area contributed by atoms with Crippen LogP contribution >= 0.6 is 0 Å². The van der Waals surface area contributed by atoms with E-state index in [4.69, 9.17) is 14.2 Å². The number of hydrogen-bond donors (Lipinski definition) is 2. The van der Waals surface area contributed by atoms with Gasteiger partial charge in [0, 0.05) is 37.8 Å². The largest absolute Gasteiger partial charge is 0.496 e. The number of alkyl halides is 3. The fourth-order valence-corrected chi connectivity index (χ4v) is 2.85. The number of aliphatic imine (C=N–C) groups is 1. The highest BCUT2D eigenvalue weighted by Gasteiger charge is 2.29. The number of hydrogen-bond acceptors (Lipinski definition) is 4. The molecule has 0 saturated heterocycles. The highest BCUT2D eigenvalue weighted by atomic mass is 19.4. The van der Waals surface area contributed by atoms with Crippen molar-refractivity contribution in [2.75, 3.05) is 34.9 Å². The molecule has 0 atom stereocenters. The van der Waals surface area contributed by atoms with E-state index in [1.807, 2.05) is 0 Å². The Morgan fingerprint density at radius 3 is 2.00 bits per heavy atom. The third-order valence-corrected chi connectivity index (χ3v) is 4.45. The van der Waals surface area contributed by atoms with Gasteiger partial charge in [0.15, 0.2) is 5.96 Å². The summed E-state index contributed by atoms with van der Waals surface area (Å²) >= 11 is 0. The Bertz CT molecular complexity index is 828. The van der Waals surface area contributed by atoms with E-state index in [2.05, 4.69) is 15.6 Å². The van der Waals surface area contributed by atoms with E-state index in [-0.39, 0.29) is 0 Å². The number of nitrogens with one attached hydrogen (secondary N) is 2. The third-order valence-electron chi connectivity index (χ3n) is 4.45. The highest BCUT2D eigenvalue weighted by Crippen LogP contribution is 2.34. The predicted octanol–water partition coefficient (Wildman–Crippen LogP) is 3.64. The van der Waals surface area contributed by atoms with Gasteiger partial charge in [0.2, 0.25) is 0 Å². The number of guanidine groups is 1. The van der Waals surface area contributed by atoms with E-state index in [1.165, 1.54) is 12.1 Å². The van der Waals surface area contributed by atoms with Crippen LogP contribution in [0.25, 0.3) is 0 Å². The highest BCUT2D eigenvalue weighted by molar-refractivity contribution is 5.79.